The van der Waals surface area contributed by atoms with E-state index in [1.807, 2.05) is 25.2 Å². The Morgan fingerprint density at radius 1 is 1.27 bits per heavy atom. The summed E-state index contributed by atoms with van der Waals surface area (Å²) in [5.41, 5.74) is 2.62. The van der Waals surface area contributed by atoms with E-state index in [1.54, 1.807) is 12.1 Å². The minimum Gasteiger partial charge on any atom is -0.352 e. The number of rotatable bonds is 4. The lowest BCUT2D eigenvalue weighted by Gasteiger charge is -2.27. The molecule has 1 aromatic heterocycles. The molecule has 0 aliphatic heterocycles. The molecule has 4 rings (SSSR count). The zero-order valence-corrected chi connectivity index (χ0v) is 15.1. The molecule has 1 heterocycles. The lowest BCUT2D eigenvalue weighted by Crippen LogP contribution is -2.44. The molecule has 1 N–H and O–H groups in total. The van der Waals surface area contributed by atoms with E-state index >= 15 is 0 Å². The van der Waals surface area contributed by atoms with Crippen LogP contribution in [-0.2, 0) is 23.1 Å². The number of aromatic nitrogens is 2. The van der Waals surface area contributed by atoms with Crippen molar-refractivity contribution >= 4 is 11.9 Å². The number of fused-ring (bicyclic) bond motifs is 1. The monoisotopic (exact) mass is 354 g/mol. The average molecular weight is 354 g/mol. The Kier molecular flexibility index (Phi) is 4.13. The summed E-state index contributed by atoms with van der Waals surface area (Å²) < 4.78 is 13.2. The highest BCUT2D eigenvalue weighted by atomic mass is 19.1. The van der Waals surface area contributed by atoms with E-state index in [1.165, 1.54) is 12.1 Å². The molecule has 2 aliphatic carbocycles. The summed E-state index contributed by atoms with van der Waals surface area (Å²) in [7, 11) is 3.86. The van der Waals surface area contributed by atoms with Gasteiger partial charge in [0.1, 0.15) is 5.82 Å². The predicted molar refractivity (Wildman–Crippen MR) is 97.6 cm³/mol. The van der Waals surface area contributed by atoms with Gasteiger partial charge in [0.15, 0.2) is 0 Å². The first-order valence-corrected chi connectivity index (χ1v) is 9.07. The fraction of sp³-hybridized carbons (Fsp3) is 0.450. The molecule has 1 aromatic carbocycles. The third kappa shape index (κ3) is 3.04. The van der Waals surface area contributed by atoms with E-state index in [9.17, 15) is 9.18 Å². The van der Waals surface area contributed by atoms with Crippen molar-refractivity contribution in [3.63, 3.8) is 0 Å². The number of benzene rings is 1. The number of anilines is 1. The number of carbonyl (C=O) groups is 1. The summed E-state index contributed by atoms with van der Waals surface area (Å²) >= 11 is 0. The Labute approximate surface area is 152 Å². The molecule has 0 radical (unpaired) electrons. The Morgan fingerprint density at radius 2 is 2.00 bits per heavy atom. The van der Waals surface area contributed by atoms with Gasteiger partial charge in [0.05, 0.1) is 5.41 Å². The molecule has 26 heavy (non-hydrogen) atoms. The van der Waals surface area contributed by atoms with Crippen LogP contribution in [0.2, 0.25) is 0 Å². The summed E-state index contributed by atoms with van der Waals surface area (Å²) in [5.74, 6) is 0.508. The van der Waals surface area contributed by atoms with Crippen molar-refractivity contribution in [2.75, 3.05) is 19.0 Å². The molecule has 1 unspecified atom stereocenters. The van der Waals surface area contributed by atoms with Gasteiger partial charge in [-0.05, 0) is 55.4 Å². The summed E-state index contributed by atoms with van der Waals surface area (Å²) in [6, 6.07) is 6.42. The number of nitrogens with one attached hydrogen (secondary N) is 1. The molecular formula is C20H23FN4O. The van der Waals surface area contributed by atoms with E-state index in [0.29, 0.717) is 0 Å². The fourth-order valence-electron chi connectivity index (χ4n) is 3.70. The number of hydrogen-bond donors (Lipinski definition) is 1. The highest BCUT2D eigenvalue weighted by molar-refractivity contribution is 5.91. The first kappa shape index (κ1) is 16.9. The van der Waals surface area contributed by atoms with Gasteiger partial charge in [-0.15, -0.1) is 0 Å². The number of aryl methyl sites for hydroxylation is 1. The fourth-order valence-corrected chi connectivity index (χ4v) is 3.70. The molecule has 1 atom stereocenters. The van der Waals surface area contributed by atoms with Crippen molar-refractivity contribution in [2.24, 2.45) is 0 Å². The number of carbonyl (C=O) groups excluding carboxylic acids is 1. The number of amides is 1. The van der Waals surface area contributed by atoms with Gasteiger partial charge in [0.25, 0.3) is 0 Å². The minimum atomic E-state index is -0.473. The van der Waals surface area contributed by atoms with Gasteiger partial charge in [-0.2, -0.15) is 0 Å². The van der Waals surface area contributed by atoms with Gasteiger partial charge in [0.2, 0.25) is 11.9 Å². The lowest BCUT2D eigenvalue weighted by atomic mass is 9.90. The van der Waals surface area contributed by atoms with Crippen molar-refractivity contribution in [3.05, 3.63) is 53.1 Å². The van der Waals surface area contributed by atoms with Gasteiger partial charge in [-0.3, -0.25) is 4.79 Å². The first-order valence-electron chi connectivity index (χ1n) is 9.07. The zero-order chi connectivity index (χ0) is 18.3. The van der Waals surface area contributed by atoms with E-state index < -0.39 is 5.41 Å². The van der Waals surface area contributed by atoms with Gasteiger partial charge < -0.3 is 10.2 Å². The standard InChI is InChI=1S/C20H23FN4O/c1-25(2)19-22-12-13-11-16(7-8-17(13)24-19)23-18(26)20(9-10-20)14-3-5-15(21)6-4-14/h3-6,12,16H,7-11H2,1-2H3,(H,23,26). The SMILES string of the molecule is CN(C)c1ncc2c(n1)CCC(NC(=O)C1(c3ccc(F)cc3)CC1)C2. The number of halogens is 1. The van der Waals surface area contributed by atoms with Crippen LogP contribution < -0.4 is 10.2 Å². The normalized spacial score (nSPS) is 20.2. The molecule has 2 aromatic rings. The van der Waals surface area contributed by atoms with Crippen molar-refractivity contribution in [1.29, 1.82) is 0 Å². The number of hydrogen-bond acceptors (Lipinski definition) is 4. The van der Waals surface area contributed by atoms with E-state index in [2.05, 4.69) is 15.3 Å². The molecular weight excluding hydrogens is 331 g/mol. The Bertz CT molecular complexity index is 830. The van der Waals surface area contributed by atoms with Crippen LogP contribution in [0.3, 0.4) is 0 Å². The third-order valence-electron chi connectivity index (χ3n) is 5.45. The maximum Gasteiger partial charge on any atom is 0.230 e. The van der Waals surface area contributed by atoms with Gasteiger partial charge in [-0.25, -0.2) is 14.4 Å². The van der Waals surface area contributed by atoms with E-state index in [-0.39, 0.29) is 17.8 Å². The van der Waals surface area contributed by atoms with Crippen molar-refractivity contribution in [1.82, 2.24) is 15.3 Å². The molecule has 0 saturated heterocycles. The van der Waals surface area contributed by atoms with Crippen molar-refractivity contribution in [3.8, 4) is 0 Å². The zero-order valence-electron chi connectivity index (χ0n) is 15.1. The lowest BCUT2D eigenvalue weighted by molar-refractivity contribution is -0.124. The summed E-state index contributed by atoms with van der Waals surface area (Å²) in [4.78, 5) is 23.8. The summed E-state index contributed by atoms with van der Waals surface area (Å²) in [5, 5.41) is 3.21. The Morgan fingerprint density at radius 3 is 2.65 bits per heavy atom. The highest BCUT2D eigenvalue weighted by Crippen LogP contribution is 2.48. The smallest absolute Gasteiger partial charge is 0.230 e. The van der Waals surface area contributed by atoms with Crippen LogP contribution >= 0.6 is 0 Å². The average Bonchev–Trinajstić information content (AvgIpc) is 3.43. The van der Waals surface area contributed by atoms with Crippen LogP contribution in [-0.4, -0.2) is 36.0 Å². The van der Waals surface area contributed by atoms with Gasteiger partial charge >= 0.3 is 0 Å². The molecule has 6 heteroatoms. The topological polar surface area (TPSA) is 58.1 Å². The maximum absolute atomic E-state index is 13.2. The Balaban J connectivity index is 1.45. The van der Waals surface area contributed by atoms with Crippen LogP contribution in [0.15, 0.2) is 30.5 Å². The molecule has 0 spiro atoms. The van der Waals surface area contributed by atoms with Crippen LogP contribution in [0, 0.1) is 5.82 Å². The van der Waals surface area contributed by atoms with Crippen LogP contribution in [0.4, 0.5) is 10.3 Å². The molecule has 136 valence electrons. The van der Waals surface area contributed by atoms with Crippen LogP contribution in [0.5, 0.6) is 0 Å². The van der Waals surface area contributed by atoms with E-state index in [0.717, 1.165) is 54.9 Å². The van der Waals surface area contributed by atoms with Gasteiger partial charge in [-0.1, -0.05) is 12.1 Å². The highest BCUT2D eigenvalue weighted by Gasteiger charge is 2.51. The van der Waals surface area contributed by atoms with Crippen molar-refractivity contribution in [2.45, 2.75) is 43.6 Å². The second kappa shape index (κ2) is 6.34. The van der Waals surface area contributed by atoms with Gasteiger partial charge in [0, 0.05) is 32.0 Å². The number of nitrogens with zero attached hydrogens (tertiary/aromatic N) is 3. The molecule has 5 nitrogen and oxygen atoms in total. The summed E-state index contributed by atoms with van der Waals surface area (Å²) in [6.45, 7) is 0. The van der Waals surface area contributed by atoms with Crippen LogP contribution in [0.25, 0.3) is 0 Å². The third-order valence-corrected chi connectivity index (χ3v) is 5.45. The van der Waals surface area contributed by atoms with Crippen molar-refractivity contribution < 1.29 is 9.18 Å². The second-order valence-corrected chi connectivity index (χ2v) is 7.54. The molecule has 0 bridgehead atoms. The van der Waals surface area contributed by atoms with E-state index in [4.69, 9.17) is 0 Å². The molecule has 1 fully saturated rings. The van der Waals surface area contributed by atoms with Crippen LogP contribution in [0.1, 0.15) is 36.1 Å². The second-order valence-electron chi connectivity index (χ2n) is 7.54. The molecule has 1 saturated carbocycles. The summed E-state index contributed by atoms with van der Waals surface area (Å²) in [6.07, 6.45) is 6.00. The largest absolute Gasteiger partial charge is 0.352 e. The minimum absolute atomic E-state index is 0.0587. The molecule has 1 amide bonds. The predicted octanol–water partition coefficient (Wildman–Crippen LogP) is 2.39. The molecule has 2 aliphatic rings. The maximum atomic E-state index is 13.2. The quantitative estimate of drug-likeness (QED) is 0.916. The Hall–Kier alpha value is -2.50. The first-order chi connectivity index (χ1) is 12.5.